The molecule has 2 rings (SSSR count). The van der Waals surface area contributed by atoms with Crippen molar-refractivity contribution in [3.8, 4) is 0 Å². The summed E-state index contributed by atoms with van der Waals surface area (Å²) >= 11 is 2.68. The molecular weight excluding hydrogens is 325 g/mol. The molecule has 1 aromatic heterocycles. The lowest BCUT2D eigenvalue weighted by Crippen LogP contribution is -2.16. The number of ether oxygens (including phenoxy) is 1. The van der Waals surface area contributed by atoms with Crippen LogP contribution in [0.25, 0.3) is 0 Å². The molecule has 0 radical (unpaired) electrons. The van der Waals surface area contributed by atoms with Crippen LogP contribution in [0.3, 0.4) is 0 Å². The van der Waals surface area contributed by atoms with Crippen molar-refractivity contribution in [1.29, 1.82) is 0 Å². The van der Waals surface area contributed by atoms with Crippen molar-refractivity contribution in [3.63, 3.8) is 0 Å². The van der Waals surface area contributed by atoms with Gasteiger partial charge in [-0.15, -0.1) is 10.2 Å². The van der Waals surface area contributed by atoms with E-state index in [1.165, 1.54) is 35.2 Å². The topological polar surface area (TPSA) is 64.1 Å². The number of nitrogens with one attached hydrogen (secondary N) is 1. The summed E-state index contributed by atoms with van der Waals surface area (Å²) in [4.78, 5) is 11.6. The number of aromatic nitrogens is 2. The standard InChI is InChI=1S/C14H16FN3O2S2/c1-3-20-12(19)9(2)21-14-18-17-13(22-14)16-8-10-4-6-11(15)7-5-10/h4-7,9H,3,8H2,1-2H3,(H,16,17). The van der Waals surface area contributed by atoms with E-state index in [1.807, 2.05) is 0 Å². The fourth-order valence-corrected chi connectivity index (χ4v) is 3.46. The summed E-state index contributed by atoms with van der Waals surface area (Å²) in [6.07, 6.45) is 0. The second-order valence-electron chi connectivity index (χ2n) is 4.37. The number of hydrogen-bond donors (Lipinski definition) is 1. The van der Waals surface area contributed by atoms with Crippen molar-refractivity contribution in [3.05, 3.63) is 35.6 Å². The molecule has 22 heavy (non-hydrogen) atoms. The molecule has 0 aliphatic rings. The Hall–Kier alpha value is -1.67. The molecule has 5 nitrogen and oxygen atoms in total. The lowest BCUT2D eigenvalue weighted by Gasteiger charge is -2.06. The average Bonchev–Trinajstić information content (AvgIpc) is 2.94. The van der Waals surface area contributed by atoms with E-state index in [0.29, 0.717) is 22.6 Å². The number of esters is 1. The van der Waals surface area contributed by atoms with Crippen LogP contribution in [0.1, 0.15) is 19.4 Å². The number of anilines is 1. The Morgan fingerprint density at radius 2 is 2.14 bits per heavy atom. The molecule has 0 fully saturated rings. The molecule has 0 bridgehead atoms. The highest BCUT2D eigenvalue weighted by atomic mass is 32.2. The maximum Gasteiger partial charge on any atom is 0.319 e. The summed E-state index contributed by atoms with van der Waals surface area (Å²) in [5.74, 6) is -0.519. The Balaban J connectivity index is 1.86. The summed E-state index contributed by atoms with van der Waals surface area (Å²) in [6, 6.07) is 6.25. The first-order valence-corrected chi connectivity index (χ1v) is 8.43. The van der Waals surface area contributed by atoms with E-state index < -0.39 is 0 Å². The molecule has 1 unspecified atom stereocenters. The first kappa shape index (κ1) is 16.7. The van der Waals surface area contributed by atoms with Gasteiger partial charge in [0.05, 0.1) is 6.61 Å². The number of benzene rings is 1. The Morgan fingerprint density at radius 3 is 2.82 bits per heavy atom. The van der Waals surface area contributed by atoms with Gasteiger partial charge in [0.15, 0.2) is 4.34 Å². The Bertz CT molecular complexity index is 619. The zero-order valence-corrected chi connectivity index (χ0v) is 13.8. The largest absolute Gasteiger partial charge is 0.465 e. The van der Waals surface area contributed by atoms with Crippen LogP contribution < -0.4 is 5.32 Å². The molecule has 0 aliphatic carbocycles. The molecule has 1 atom stereocenters. The summed E-state index contributed by atoms with van der Waals surface area (Å²) in [7, 11) is 0. The molecule has 0 spiro atoms. The van der Waals surface area contributed by atoms with Crippen molar-refractivity contribution in [1.82, 2.24) is 10.2 Å². The fraction of sp³-hybridized carbons (Fsp3) is 0.357. The van der Waals surface area contributed by atoms with Crippen molar-refractivity contribution < 1.29 is 13.9 Å². The normalized spacial score (nSPS) is 12.0. The summed E-state index contributed by atoms with van der Waals surface area (Å²) in [6.45, 7) is 4.45. The van der Waals surface area contributed by atoms with Gasteiger partial charge in [-0.05, 0) is 31.5 Å². The third-order valence-electron chi connectivity index (χ3n) is 2.66. The molecule has 0 saturated heterocycles. The molecular formula is C14H16FN3O2S2. The molecule has 1 N–H and O–H groups in total. The van der Waals surface area contributed by atoms with Crippen LogP contribution in [-0.4, -0.2) is 28.0 Å². The number of hydrogen-bond acceptors (Lipinski definition) is 7. The third kappa shape index (κ3) is 4.96. The number of nitrogens with zero attached hydrogens (tertiary/aromatic N) is 2. The highest BCUT2D eigenvalue weighted by molar-refractivity contribution is 8.02. The van der Waals surface area contributed by atoms with Gasteiger partial charge in [-0.25, -0.2) is 4.39 Å². The zero-order chi connectivity index (χ0) is 15.9. The fourth-order valence-electron chi connectivity index (χ4n) is 1.57. The second-order valence-corrected chi connectivity index (χ2v) is 6.93. The Morgan fingerprint density at radius 1 is 1.41 bits per heavy atom. The first-order chi connectivity index (χ1) is 10.6. The van der Waals surface area contributed by atoms with Crippen LogP contribution in [0, 0.1) is 5.82 Å². The molecule has 8 heteroatoms. The minimum atomic E-state index is -0.321. The van der Waals surface area contributed by atoms with Gasteiger partial charge in [-0.1, -0.05) is 35.2 Å². The van der Waals surface area contributed by atoms with Crippen LogP contribution in [0.2, 0.25) is 0 Å². The van der Waals surface area contributed by atoms with Crippen LogP contribution >= 0.6 is 23.1 Å². The van der Waals surface area contributed by atoms with E-state index in [2.05, 4.69) is 15.5 Å². The van der Waals surface area contributed by atoms with Crippen molar-refractivity contribution >= 4 is 34.2 Å². The third-order valence-corrected chi connectivity index (χ3v) is 4.70. The van der Waals surface area contributed by atoms with Gasteiger partial charge in [0, 0.05) is 6.54 Å². The summed E-state index contributed by atoms with van der Waals surface area (Å²) in [5.41, 5.74) is 0.950. The van der Waals surface area contributed by atoms with Crippen LogP contribution in [0.15, 0.2) is 28.6 Å². The SMILES string of the molecule is CCOC(=O)C(C)Sc1nnc(NCc2ccc(F)cc2)s1. The van der Waals surface area contributed by atoms with E-state index >= 15 is 0 Å². The first-order valence-electron chi connectivity index (χ1n) is 6.73. The van der Waals surface area contributed by atoms with Crippen LogP contribution in [-0.2, 0) is 16.1 Å². The van der Waals surface area contributed by atoms with Crippen molar-refractivity contribution in [2.24, 2.45) is 0 Å². The van der Waals surface area contributed by atoms with Gasteiger partial charge >= 0.3 is 5.97 Å². The van der Waals surface area contributed by atoms with Gasteiger partial charge in [0.25, 0.3) is 0 Å². The lowest BCUT2D eigenvalue weighted by atomic mass is 10.2. The van der Waals surface area contributed by atoms with Crippen LogP contribution in [0.5, 0.6) is 0 Å². The number of thioether (sulfide) groups is 1. The lowest BCUT2D eigenvalue weighted by molar-refractivity contribution is -0.142. The summed E-state index contributed by atoms with van der Waals surface area (Å²) in [5, 5.41) is 11.5. The molecule has 0 saturated carbocycles. The molecule has 1 heterocycles. The zero-order valence-electron chi connectivity index (χ0n) is 12.2. The summed E-state index contributed by atoms with van der Waals surface area (Å²) < 4.78 is 18.5. The molecule has 0 aliphatic heterocycles. The molecule has 0 amide bonds. The van der Waals surface area contributed by atoms with Gasteiger partial charge in [0.2, 0.25) is 5.13 Å². The highest BCUT2D eigenvalue weighted by Crippen LogP contribution is 2.29. The van der Waals surface area contributed by atoms with Gasteiger partial charge in [-0.2, -0.15) is 0 Å². The minimum Gasteiger partial charge on any atom is -0.465 e. The predicted octanol–water partition coefficient (Wildman–Crippen LogP) is 3.33. The maximum absolute atomic E-state index is 12.8. The number of carbonyl (C=O) groups is 1. The van der Waals surface area contributed by atoms with E-state index in [0.717, 1.165) is 5.56 Å². The molecule has 1 aromatic carbocycles. The number of halogens is 1. The van der Waals surface area contributed by atoms with Crippen molar-refractivity contribution in [2.75, 3.05) is 11.9 Å². The second kappa shape index (κ2) is 8.09. The van der Waals surface area contributed by atoms with Gasteiger partial charge in [0.1, 0.15) is 11.1 Å². The number of carbonyl (C=O) groups excluding carboxylic acids is 1. The number of rotatable bonds is 7. The van der Waals surface area contributed by atoms with E-state index in [1.54, 1.807) is 26.0 Å². The Labute approximate surface area is 136 Å². The highest BCUT2D eigenvalue weighted by Gasteiger charge is 2.18. The van der Waals surface area contributed by atoms with Crippen LogP contribution in [0.4, 0.5) is 9.52 Å². The minimum absolute atomic E-state index is 0.258. The van der Waals surface area contributed by atoms with E-state index in [9.17, 15) is 9.18 Å². The van der Waals surface area contributed by atoms with E-state index in [-0.39, 0.29) is 17.0 Å². The van der Waals surface area contributed by atoms with E-state index in [4.69, 9.17) is 4.74 Å². The maximum atomic E-state index is 12.8. The quantitative estimate of drug-likeness (QED) is 0.615. The molecule has 2 aromatic rings. The smallest absolute Gasteiger partial charge is 0.319 e. The predicted molar refractivity (Wildman–Crippen MR) is 85.6 cm³/mol. The van der Waals surface area contributed by atoms with Crippen molar-refractivity contribution in [2.45, 2.75) is 30.0 Å². The van der Waals surface area contributed by atoms with Gasteiger partial charge < -0.3 is 10.1 Å². The average molecular weight is 341 g/mol. The molecule has 118 valence electrons. The van der Waals surface area contributed by atoms with Gasteiger partial charge in [-0.3, -0.25) is 4.79 Å². The monoisotopic (exact) mass is 341 g/mol. The Kier molecular flexibility index (Phi) is 6.14.